The van der Waals surface area contributed by atoms with E-state index in [0.29, 0.717) is 41.4 Å². The Balaban J connectivity index is 0.000000488. The van der Waals surface area contributed by atoms with Gasteiger partial charge in [-0.15, -0.1) is 0 Å². The molecule has 0 aliphatic rings. The molecular formula is C79H122O2. The highest BCUT2D eigenvalue weighted by Crippen LogP contribution is 2.29. The summed E-state index contributed by atoms with van der Waals surface area (Å²) in [5, 5.41) is 0. The molecule has 0 fully saturated rings. The first-order chi connectivity index (χ1) is 38.0. The zero-order chi connectivity index (χ0) is 61.5. The first kappa shape index (κ1) is 73.9. The molecule has 6 rings (SSSR count). The van der Waals surface area contributed by atoms with Crippen molar-refractivity contribution >= 4 is 0 Å². The summed E-state index contributed by atoms with van der Waals surface area (Å²) in [6.07, 6.45) is 9.41. The SMILES string of the molecule is CCC(C)c1ccc(C(C)(C)C)cc1.CCC(C)c1ccc(C(C)C)cc1.CCC(C)c1ccc(C)cc1.CCC(C)c1ccc(OC(C)(C)C)cc1.CCC(C)c1ccc(OC(C)(C)CC)cc1.CCc1ccc(C(C)CC)cc1. The van der Waals surface area contributed by atoms with E-state index < -0.39 is 0 Å². The zero-order valence-corrected chi connectivity index (χ0v) is 56.9. The molecule has 0 N–H and O–H groups in total. The first-order valence-corrected chi connectivity index (χ1v) is 31.9. The van der Waals surface area contributed by atoms with Gasteiger partial charge in [-0.3, -0.25) is 0 Å². The van der Waals surface area contributed by atoms with E-state index in [4.69, 9.17) is 9.47 Å². The largest absolute Gasteiger partial charge is 0.488 e. The van der Waals surface area contributed by atoms with E-state index in [1.165, 1.54) is 94.2 Å². The van der Waals surface area contributed by atoms with Gasteiger partial charge in [-0.25, -0.2) is 0 Å². The zero-order valence-electron chi connectivity index (χ0n) is 56.9. The highest BCUT2D eigenvalue weighted by Gasteiger charge is 2.17. The molecule has 0 heterocycles. The maximum Gasteiger partial charge on any atom is 0.120 e. The molecule has 6 atom stereocenters. The van der Waals surface area contributed by atoms with Crippen LogP contribution in [-0.4, -0.2) is 11.2 Å². The van der Waals surface area contributed by atoms with Crippen molar-refractivity contribution < 1.29 is 9.47 Å². The molecule has 0 saturated carbocycles. The summed E-state index contributed by atoms with van der Waals surface area (Å²) in [5.41, 5.74) is 14.3. The van der Waals surface area contributed by atoms with Gasteiger partial charge in [0.15, 0.2) is 0 Å². The molecule has 0 saturated heterocycles. The van der Waals surface area contributed by atoms with Gasteiger partial charge < -0.3 is 9.47 Å². The highest BCUT2D eigenvalue weighted by atomic mass is 16.5. The minimum atomic E-state index is -0.113. The predicted molar refractivity (Wildman–Crippen MR) is 363 cm³/mol. The van der Waals surface area contributed by atoms with Gasteiger partial charge in [0.1, 0.15) is 22.7 Å². The molecule has 6 aromatic carbocycles. The molecule has 450 valence electrons. The van der Waals surface area contributed by atoms with Gasteiger partial charge in [-0.1, -0.05) is 258 Å². The number of rotatable bonds is 18. The van der Waals surface area contributed by atoms with Crippen LogP contribution in [0.3, 0.4) is 0 Å². The Morgan fingerprint density at radius 1 is 0.321 bits per heavy atom. The third-order valence-electron chi connectivity index (χ3n) is 16.4. The highest BCUT2D eigenvalue weighted by molar-refractivity contribution is 5.32. The van der Waals surface area contributed by atoms with E-state index in [2.05, 4.69) is 319 Å². The van der Waals surface area contributed by atoms with Crippen molar-refractivity contribution in [2.75, 3.05) is 0 Å². The maximum absolute atomic E-state index is 5.92. The van der Waals surface area contributed by atoms with Crippen molar-refractivity contribution in [2.24, 2.45) is 0 Å². The molecule has 0 aromatic heterocycles. The third kappa shape index (κ3) is 29.6. The second-order valence-corrected chi connectivity index (χ2v) is 26.1. The monoisotopic (exact) mass is 1100 g/mol. The molecule has 6 unspecified atom stereocenters. The number of aryl methyl sites for hydroxylation is 2. The quantitative estimate of drug-likeness (QED) is 0.0854. The minimum Gasteiger partial charge on any atom is -0.488 e. The third-order valence-corrected chi connectivity index (χ3v) is 16.4. The fraction of sp³-hybridized carbons (Fsp3) is 0.544. The Morgan fingerprint density at radius 2 is 0.580 bits per heavy atom. The summed E-state index contributed by atoms with van der Waals surface area (Å²) in [7, 11) is 0. The van der Waals surface area contributed by atoms with Crippen LogP contribution >= 0.6 is 0 Å². The topological polar surface area (TPSA) is 18.5 Å². The van der Waals surface area contributed by atoms with Crippen LogP contribution in [0.25, 0.3) is 0 Å². The minimum absolute atomic E-state index is 0.0715. The number of hydrogen-bond donors (Lipinski definition) is 0. The number of benzene rings is 6. The van der Waals surface area contributed by atoms with Crippen LogP contribution in [0.1, 0.15) is 308 Å². The Labute approximate surface area is 502 Å². The molecular weight excluding hydrogens is 981 g/mol. The van der Waals surface area contributed by atoms with Crippen molar-refractivity contribution in [3.63, 3.8) is 0 Å². The summed E-state index contributed by atoms with van der Waals surface area (Å²) >= 11 is 0. The Morgan fingerprint density at radius 3 is 0.840 bits per heavy atom. The molecule has 81 heavy (non-hydrogen) atoms. The lowest BCUT2D eigenvalue weighted by molar-refractivity contribution is 0.105. The van der Waals surface area contributed by atoms with Crippen LogP contribution in [0.15, 0.2) is 146 Å². The number of ether oxygens (including phenoxy) is 2. The lowest BCUT2D eigenvalue weighted by atomic mass is 9.85. The van der Waals surface area contributed by atoms with Gasteiger partial charge in [0.05, 0.1) is 0 Å². The standard InChI is InChI=1S/C15H24O.C14H22O.C14H22.C13H20.C12H18.C11H16/c1-6-12(3)13-8-10-14(11-9-13)16-15(4,5)7-2;1-6-11(2)12-7-9-13(10-8-12)15-14(3,4)5;1-6-11(2)12-7-9-13(10-8-12)14(3,4)5;1-5-11(4)13-8-6-12(7-9-13)10(2)3;1-4-10(3)12-8-6-11(5-2)7-9-12;1-4-10(3)11-7-5-9(2)6-8-11/h8-12H,6-7H2,1-5H3;7-11H,6H2,1-5H3;7-11H,6H2,1-5H3;6-11H,5H2,1-4H3;6-10H,4-5H2,1-3H3;5-8,10H,4H2,1-3H3. The van der Waals surface area contributed by atoms with Gasteiger partial charge in [-0.05, 0) is 214 Å². The summed E-state index contributed by atoms with van der Waals surface area (Å²) in [4.78, 5) is 0. The number of hydrogen-bond acceptors (Lipinski definition) is 2. The van der Waals surface area contributed by atoms with Crippen molar-refractivity contribution in [1.29, 1.82) is 0 Å². The Hall–Kier alpha value is -5.08. The van der Waals surface area contributed by atoms with E-state index in [-0.39, 0.29) is 16.6 Å². The van der Waals surface area contributed by atoms with Gasteiger partial charge >= 0.3 is 0 Å². The lowest BCUT2D eigenvalue weighted by Crippen LogP contribution is -2.26. The van der Waals surface area contributed by atoms with E-state index in [0.717, 1.165) is 24.3 Å². The van der Waals surface area contributed by atoms with Crippen molar-refractivity contribution in [1.82, 2.24) is 0 Å². The molecule has 0 amide bonds. The summed E-state index contributed by atoms with van der Waals surface area (Å²) < 4.78 is 11.7. The van der Waals surface area contributed by atoms with Crippen LogP contribution in [0.2, 0.25) is 0 Å². The Bertz CT molecular complexity index is 2480. The smallest absolute Gasteiger partial charge is 0.120 e. The van der Waals surface area contributed by atoms with Gasteiger partial charge in [-0.2, -0.15) is 0 Å². The van der Waals surface area contributed by atoms with Crippen LogP contribution in [0, 0.1) is 6.92 Å². The second-order valence-electron chi connectivity index (χ2n) is 26.1. The average Bonchev–Trinajstić information content (AvgIpc) is 3.47. The predicted octanol–water partition coefficient (Wildman–Crippen LogP) is 25.2. The van der Waals surface area contributed by atoms with E-state index in [1.54, 1.807) is 0 Å². The molecule has 0 aliphatic heterocycles. The fourth-order valence-corrected chi connectivity index (χ4v) is 8.39. The normalized spacial score (nSPS) is 13.5. The van der Waals surface area contributed by atoms with E-state index in [1.807, 2.05) is 0 Å². The summed E-state index contributed by atoms with van der Waals surface area (Å²) in [6.45, 7) is 55.1. The van der Waals surface area contributed by atoms with Gasteiger partial charge in [0.25, 0.3) is 0 Å². The molecule has 0 radical (unpaired) electrons. The molecule has 0 aliphatic carbocycles. The van der Waals surface area contributed by atoms with Crippen LogP contribution < -0.4 is 9.47 Å². The average molecular weight is 1100 g/mol. The molecule has 0 bridgehead atoms. The lowest BCUT2D eigenvalue weighted by Gasteiger charge is -2.25. The van der Waals surface area contributed by atoms with Crippen LogP contribution in [-0.2, 0) is 11.8 Å². The molecule has 2 nitrogen and oxygen atoms in total. The first-order valence-electron chi connectivity index (χ1n) is 31.9. The molecule has 2 heteroatoms. The van der Waals surface area contributed by atoms with Crippen molar-refractivity contribution in [2.45, 2.75) is 283 Å². The fourth-order valence-electron chi connectivity index (χ4n) is 8.39. The maximum atomic E-state index is 5.92. The van der Waals surface area contributed by atoms with Gasteiger partial charge in [0.2, 0.25) is 0 Å². The second kappa shape index (κ2) is 37.9. The Kier molecular flexibility index (Phi) is 34.6. The molecule has 0 spiro atoms. The summed E-state index contributed by atoms with van der Waals surface area (Å²) in [5.74, 6) is 6.62. The summed E-state index contributed by atoms with van der Waals surface area (Å²) in [6, 6.07) is 52.9. The van der Waals surface area contributed by atoms with E-state index in [9.17, 15) is 0 Å². The van der Waals surface area contributed by atoms with Crippen molar-refractivity contribution in [3.8, 4) is 11.5 Å². The van der Waals surface area contributed by atoms with Crippen LogP contribution in [0.5, 0.6) is 11.5 Å². The van der Waals surface area contributed by atoms with E-state index >= 15 is 0 Å². The van der Waals surface area contributed by atoms with Crippen molar-refractivity contribution in [3.05, 3.63) is 201 Å². The van der Waals surface area contributed by atoms with Gasteiger partial charge in [0, 0.05) is 0 Å². The van der Waals surface area contributed by atoms with Crippen LogP contribution in [0.4, 0.5) is 0 Å². The molecule has 6 aromatic rings.